The number of carbonyl (C=O) groups is 16. The molecule has 0 unspecified atom stereocenters. The molecule has 0 bridgehead atoms. The molecule has 44 nitrogen and oxygen atoms in total. The van der Waals surface area contributed by atoms with Crippen molar-refractivity contribution in [3.63, 3.8) is 0 Å². The van der Waals surface area contributed by atoms with Crippen molar-refractivity contribution in [2.45, 2.75) is 223 Å². The Morgan fingerprint density at radius 3 is 1.45 bits per heavy atom. The van der Waals surface area contributed by atoms with E-state index in [-0.39, 0.29) is 140 Å². The number of rotatable bonds is 53. The molecule has 1 aliphatic rings. The molecule has 0 aliphatic carbocycles. The van der Waals surface area contributed by atoms with Crippen molar-refractivity contribution in [1.82, 2.24) is 89.6 Å². The summed E-state index contributed by atoms with van der Waals surface area (Å²) in [5, 5.41) is 82.4. The molecular weight excluding hydrogens is 1580 g/mol. The Kier molecular flexibility index (Phi) is 42.3. The number of carboxylic acid groups (broad SMARTS) is 1. The number of aliphatic hydroxyl groups is 1. The lowest BCUT2D eigenvalue weighted by Gasteiger charge is -2.31. The van der Waals surface area contributed by atoms with Crippen LogP contribution >= 0.6 is 0 Å². The lowest BCUT2D eigenvalue weighted by atomic mass is 9.99. The van der Waals surface area contributed by atoms with Crippen molar-refractivity contribution in [2.24, 2.45) is 52.2 Å². The van der Waals surface area contributed by atoms with Gasteiger partial charge < -0.3 is 134 Å². The largest absolute Gasteiger partial charge is 0.480 e. The maximum Gasteiger partial charge on any atom is 0.326 e. The highest BCUT2D eigenvalue weighted by molar-refractivity contribution is 6.01. The molecule has 1 aliphatic heterocycles. The maximum absolute atomic E-state index is 14.9. The van der Waals surface area contributed by atoms with Crippen molar-refractivity contribution in [2.75, 3.05) is 39.3 Å². The number of para-hydroxylation sites is 1. The highest BCUT2D eigenvalue weighted by atomic mass is 16.4. The summed E-state index contributed by atoms with van der Waals surface area (Å²) in [6, 6.07) is -3.65. The van der Waals surface area contributed by atoms with E-state index in [0.29, 0.717) is 22.0 Å². The highest BCUT2D eigenvalue weighted by Crippen LogP contribution is 2.22. The van der Waals surface area contributed by atoms with Gasteiger partial charge >= 0.3 is 5.97 Å². The summed E-state index contributed by atoms with van der Waals surface area (Å²) >= 11 is 0. The first-order valence-corrected chi connectivity index (χ1v) is 40.0. The minimum Gasteiger partial charge on any atom is -0.480 e. The number of aromatic nitrogens is 1. The summed E-state index contributed by atoms with van der Waals surface area (Å²) in [6.07, 6.45) is 0.125. The topological polar surface area (TPSA) is 741 Å². The first-order valence-electron chi connectivity index (χ1n) is 40.0. The number of likely N-dealkylation sites (tertiary alicyclic amines) is 1. The number of carboxylic acids is 1. The number of guanidine groups is 3. The van der Waals surface area contributed by atoms with E-state index in [9.17, 15) is 86.9 Å². The molecule has 3 aromatic rings. The van der Waals surface area contributed by atoms with Crippen LogP contribution in [0.4, 0.5) is 0 Å². The van der Waals surface area contributed by atoms with Gasteiger partial charge in [-0.1, -0.05) is 90.1 Å². The number of aromatic amines is 1. The third-order valence-electron chi connectivity index (χ3n) is 19.3. The molecule has 2 aromatic carbocycles. The molecule has 15 amide bonds. The Morgan fingerprint density at radius 2 is 0.942 bits per heavy atom. The predicted molar refractivity (Wildman–Crippen MR) is 443 cm³/mol. The summed E-state index contributed by atoms with van der Waals surface area (Å²) in [5.74, 6) is -17.6. The van der Waals surface area contributed by atoms with Crippen LogP contribution in [0.1, 0.15) is 143 Å². The van der Waals surface area contributed by atoms with Crippen LogP contribution in [-0.4, -0.2) is 250 Å². The Bertz CT molecular complexity index is 4110. The first kappa shape index (κ1) is 101. The molecule has 668 valence electrons. The van der Waals surface area contributed by atoms with E-state index in [1.54, 1.807) is 88.5 Å². The van der Waals surface area contributed by atoms with Crippen molar-refractivity contribution >= 4 is 123 Å². The molecule has 1 saturated heterocycles. The Labute approximate surface area is 700 Å². The number of fused-ring (bicyclic) bond motifs is 1. The number of nitrogens with two attached hydrogens (primary N) is 6. The normalized spacial score (nSPS) is 15.4. The summed E-state index contributed by atoms with van der Waals surface area (Å²) in [4.78, 5) is 224. The third kappa shape index (κ3) is 35.8. The summed E-state index contributed by atoms with van der Waals surface area (Å²) < 4.78 is 0. The summed E-state index contributed by atoms with van der Waals surface area (Å²) in [7, 11) is 0. The number of benzene rings is 2. The summed E-state index contributed by atoms with van der Waals surface area (Å²) in [5.41, 5.74) is 34.7. The number of nitrogens with one attached hydrogen (secondary N) is 19. The van der Waals surface area contributed by atoms with Gasteiger partial charge in [-0.05, 0) is 112 Å². The van der Waals surface area contributed by atoms with Gasteiger partial charge in [0.15, 0.2) is 17.9 Å². The van der Waals surface area contributed by atoms with E-state index >= 15 is 0 Å². The van der Waals surface area contributed by atoms with Crippen molar-refractivity contribution < 1.29 is 86.9 Å². The highest BCUT2D eigenvalue weighted by Gasteiger charge is 2.42. The van der Waals surface area contributed by atoms with E-state index in [1.165, 1.54) is 20.8 Å². The van der Waals surface area contributed by atoms with Crippen LogP contribution in [0.15, 0.2) is 60.8 Å². The average Bonchev–Trinajstić information content (AvgIpc) is 1.69. The minimum atomic E-state index is -1.78. The lowest BCUT2D eigenvalue weighted by molar-refractivity contribution is -0.144. The number of amides is 15. The minimum absolute atomic E-state index is 0.00973. The Balaban J connectivity index is 1.57. The van der Waals surface area contributed by atoms with E-state index < -0.39 is 205 Å². The predicted octanol–water partition coefficient (Wildman–Crippen LogP) is -6.50. The van der Waals surface area contributed by atoms with Gasteiger partial charge in [-0.15, -0.1) is 0 Å². The Morgan fingerprint density at radius 1 is 0.488 bits per heavy atom. The molecule has 121 heavy (non-hydrogen) atoms. The SMILES string of the molecule is CC(C)C[C@H](NC(=O)[C@H](C)NC(=O)[C@H](CCCNC(=N)N)NC(=O)[C@H](Cc1c[nH]c2ccccc12)NC(=O)CNC(=O)[C@@H](N)CCC(N)=O)C(=O)N[C@@H](CC(C)C)C(=O)N[C@@H](Cc1ccccc1)C(=O)N[C@@H](CCCNC(=N)N)C(=O)N[C@@H](CO)C(=O)N1CCC[C@H]1C(=O)N[C@H](C(=O)N[C@@H](CC(N)=O)C(=O)N[C@@H](CCCNC(=N)N)C(=O)O)C(C)C. The van der Waals surface area contributed by atoms with Crippen molar-refractivity contribution in [1.29, 1.82) is 16.2 Å². The lowest BCUT2D eigenvalue weighted by Crippen LogP contribution is -2.61. The van der Waals surface area contributed by atoms with Crippen LogP contribution in [0, 0.1) is 34.0 Å². The molecule has 0 saturated carbocycles. The number of hydrogen-bond acceptors (Lipinski definition) is 21. The van der Waals surface area contributed by atoms with Gasteiger partial charge in [-0.2, -0.15) is 0 Å². The molecule has 0 spiro atoms. The van der Waals surface area contributed by atoms with Crippen molar-refractivity contribution in [3.8, 4) is 0 Å². The van der Waals surface area contributed by atoms with Crippen LogP contribution in [0.25, 0.3) is 10.9 Å². The van der Waals surface area contributed by atoms with Gasteiger partial charge in [0.05, 0.1) is 25.6 Å². The van der Waals surface area contributed by atoms with Crippen LogP contribution in [0.3, 0.4) is 0 Å². The standard InChI is InChI=1S/C77H122N26O18/c1-39(2)31-51(97-62(108)42(7)92-64(110)48(21-13-27-87-75(81)82)94-69(115)54(34-44-36-90-47-20-12-11-19-45(44)47)93-60(107)37-91-63(109)46(78)25-26-58(79)105)66(112)98-52(32-40(3)4)67(113)99-53(33-43-17-9-8-10-18-43)68(114)95-49(22-14-28-88-76(83)84)65(111)101-56(38-104)73(119)103-30-16-24-57(103)71(117)102-61(41(5)6)72(118)100-55(35-59(80)106)70(116)96-50(74(120)121)23-15-29-89-77(85)86/h8-12,17-20,36,39-42,46,48-57,61,90,104H,13-16,21-35,37-38,78H2,1-7H3,(H2,79,105)(H2,80,106)(H,91,109)(H,92,110)(H,93,107)(H,94,115)(H,95,114)(H,96,116)(H,97,108)(H,98,112)(H,99,113)(H,100,118)(H,101,111)(H,102,117)(H,120,121)(H4,81,82,87)(H4,83,84,88)(H4,85,86,89)/t42-,46-,48-,49-,50-,51-,52-,53-,54-,55-,56-,57-,61-/m0/s1. The van der Waals surface area contributed by atoms with Gasteiger partial charge in [0, 0.05) is 62.5 Å². The fraction of sp³-hybridized carbons (Fsp3) is 0.571. The molecule has 4 rings (SSSR count). The quantitative estimate of drug-likeness (QED) is 0.0142. The molecule has 1 fully saturated rings. The monoisotopic (exact) mass is 1700 g/mol. The fourth-order valence-electron chi connectivity index (χ4n) is 13.0. The molecule has 1 aromatic heterocycles. The molecular formula is C77H122N26O18. The zero-order chi connectivity index (χ0) is 90.3. The summed E-state index contributed by atoms with van der Waals surface area (Å²) in [6.45, 7) is 9.75. The van der Waals surface area contributed by atoms with Crippen LogP contribution in [0.5, 0.6) is 0 Å². The molecule has 2 heterocycles. The second-order valence-corrected chi connectivity index (χ2v) is 30.7. The van der Waals surface area contributed by atoms with Crippen LogP contribution in [0.2, 0.25) is 0 Å². The van der Waals surface area contributed by atoms with Gasteiger partial charge in [0.25, 0.3) is 0 Å². The molecule has 44 heteroatoms. The second-order valence-electron chi connectivity index (χ2n) is 30.7. The smallest absolute Gasteiger partial charge is 0.326 e. The van der Waals surface area contributed by atoms with E-state index in [4.69, 9.17) is 50.6 Å². The van der Waals surface area contributed by atoms with Crippen LogP contribution in [-0.2, 0) is 89.6 Å². The van der Waals surface area contributed by atoms with Gasteiger partial charge in [-0.25, -0.2) is 4.79 Å². The number of hydrogen-bond donors (Lipinski definition) is 27. The van der Waals surface area contributed by atoms with E-state index in [2.05, 4.69) is 84.7 Å². The first-order chi connectivity index (χ1) is 57.1. The van der Waals surface area contributed by atoms with E-state index in [1.807, 2.05) is 0 Å². The number of nitrogens with zero attached hydrogens (tertiary/aromatic N) is 1. The van der Waals surface area contributed by atoms with Crippen molar-refractivity contribution in [3.05, 3.63) is 71.9 Å². The third-order valence-corrected chi connectivity index (χ3v) is 19.3. The number of primary amides is 2. The number of carbonyl (C=O) groups excluding carboxylic acids is 15. The number of aliphatic carboxylic acids is 1. The zero-order valence-corrected chi connectivity index (χ0v) is 69.2. The fourth-order valence-corrected chi connectivity index (χ4v) is 13.0. The van der Waals surface area contributed by atoms with Crippen LogP contribution < -0.4 is 114 Å². The zero-order valence-electron chi connectivity index (χ0n) is 69.2. The number of H-pyrrole nitrogens is 1. The molecule has 13 atom stereocenters. The molecule has 0 radical (unpaired) electrons. The maximum atomic E-state index is 14.9. The van der Waals surface area contributed by atoms with E-state index in [0.717, 1.165) is 4.90 Å². The van der Waals surface area contributed by atoms with Gasteiger partial charge in [0.1, 0.15) is 72.5 Å². The second kappa shape index (κ2) is 50.9. The Hall–Kier alpha value is -12.8. The number of aliphatic hydroxyl groups excluding tert-OH is 1. The van der Waals surface area contributed by atoms with Gasteiger partial charge in [0.2, 0.25) is 88.6 Å². The van der Waals surface area contributed by atoms with Gasteiger partial charge in [-0.3, -0.25) is 88.1 Å². The molecule has 33 N–H and O–H groups in total. The average molecular weight is 1700 g/mol.